The average Bonchev–Trinajstić information content (AvgIpc) is 2.95. The van der Waals surface area contributed by atoms with Gasteiger partial charge in [0.05, 0.1) is 12.5 Å². The van der Waals surface area contributed by atoms with E-state index in [-0.39, 0.29) is 36.6 Å². The highest BCUT2D eigenvalue weighted by atomic mass is 35.5. The van der Waals surface area contributed by atoms with E-state index < -0.39 is 0 Å². The second-order valence-corrected chi connectivity index (χ2v) is 8.72. The lowest BCUT2D eigenvalue weighted by molar-refractivity contribution is -0.126. The van der Waals surface area contributed by atoms with Crippen LogP contribution in [-0.2, 0) is 20.8 Å². The van der Waals surface area contributed by atoms with Gasteiger partial charge in [-0.2, -0.15) is 0 Å². The number of hydrogen-bond donors (Lipinski definition) is 2. The van der Waals surface area contributed by atoms with Gasteiger partial charge in [-0.1, -0.05) is 66.2 Å². The van der Waals surface area contributed by atoms with Gasteiger partial charge in [0.25, 0.3) is 0 Å². The van der Waals surface area contributed by atoms with Crippen molar-refractivity contribution in [3.63, 3.8) is 0 Å². The maximum atomic E-state index is 13.1. The lowest BCUT2D eigenvalue weighted by Gasteiger charge is -2.32. The van der Waals surface area contributed by atoms with Crippen LogP contribution in [0.4, 0.5) is 11.4 Å². The highest BCUT2D eigenvalue weighted by Gasteiger charge is 2.35. The molecule has 1 heterocycles. The molecule has 2 N–H and O–H groups in total. The third-order valence-corrected chi connectivity index (χ3v) is 6.40. The number of nitrogens with one attached hydrogen (secondary N) is 2. The molecule has 1 saturated heterocycles. The van der Waals surface area contributed by atoms with E-state index in [1.807, 2.05) is 48.5 Å². The molecule has 34 heavy (non-hydrogen) atoms. The summed E-state index contributed by atoms with van der Waals surface area (Å²) < 4.78 is 0. The van der Waals surface area contributed by atoms with Gasteiger partial charge in [-0.15, -0.1) is 0 Å². The quantitative estimate of drug-likeness (QED) is 0.574. The van der Waals surface area contributed by atoms with Gasteiger partial charge in [-0.25, -0.2) is 0 Å². The van der Waals surface area contributed by atoms with Crippen LogP contribution in [0.2, 0.25) is 5.02 Å². The van der Waals surface area contributed by atoms with Crippen molar-refractivity contribution < 1.29 is 14.4 Å². The molecule has 1 atom stereocenters. The van der Waals surface area contributed by atoms with Gasteiger partial charge in [0.2, 0.25) is 17.7 Å². The standard InChI is InChI=1S/C27H22ClN3O3/c28-22-11-4-2-7-18(22)14-24(32)29-19-8-5-9-20(15-19)31-23-13-12-17-6-1-3-10-21(17)27(23)30-25(33)16-26(31)34/h1-12,15,23H,13-14,16H2,(H,29,32)(H,30,33). The van der Waals surface area contributed by atoms with Gasteiger partial charge >= 0.3 is 0 Å². The number of carbonyl (C=O) groups excluding carboxylic acids is 3. The van der Waals surface area contributed by atoms with Crippen molar-refractivity contribution in [2.75, 3.05) is 10.2 Å². The minimum absolute atomic E-state index is 0.136. The fourth-order valence-corrected chi connectivity index (χ4v) is 4.71. The van der Waals surface area contributed by atoms with Crippen molar-refractivity contribution in [3.8, 4) is 0 Å². The Morgan fingerprint density at radius 1 is 1.03 bits per heavy atom. The molecule has 3 amide bonds. The van der Waals surface area contributed by atoms with Crippen LogP contribution in [0, 0.1) is 0 Å². The van der Waals surface area contributed by atoms with Crippen molar-refractivity contribution in [2.24, 2.45) is 0 Å². The van der Waals surface area contributed by atoms with E-state index >= 15 is 0 Å². The summed E-state index contributed by atoms with van der Waals surface area (Å²) in [5.74, 6) is -0.824. The van der Waals surface area contributed by atoms with E-state index in [0.29, 0.717) is 22.8 Å². The lowest BCUT2D eigenvalue weighted by Crippen LogP contribution is -2.47. The SMILES string of the molecule is O=C1CC(=O)N(c2cccc(NC(=O)Cc3ccccc3Cl)c2)C2CC=c3ccccc3=C2N1. The van der Waals surface area contributed by atoms with Gasteiger partial charge in [0.15, 0.2) is 0 Å². The fourth-order valence-electron chi connectivity index (χ4n) is 4.51. The van der Waals surface area contributed by atoms with Gasteiger partial charge in [0, 0.05) is 27.3 Å². The Labute approximate surface area is 201 Å². The van der Waals surface area contributed by atoms with Crippen molar-refractivity contribution in [1.29, 1.82) is 0 Å². The van der Waals surface area contributed by atoms with E-state index in [4.69, 9.17) is 11.6 Å². The van der Waals surface area contributed by atoms with E-state index in [1.54, 1.807) is 29.2 Å². The lowest BCUT2D eigenvalue weighted by atomic mass is 9.98. The van der Waals surface area contributed by atoms with Crippen molar-refractivity contribution >= 4 is 52.5 Å². The first-order chi connectivity index (χ1) is 16.5. The smallest absolute Gasteiger partial charge is 0.237 e. The predicted molar refractivity (Wildman–Crippen MR) is 132 cm³/mol. The minimum atomic E-state index is -0.345. The highest BCUT2D eigenvalue weighted by molar-refractivity contribution is 6.31. The minimum Gasteiger partial charge on any atom is -0.327 e. The molecule has 170 valence electrons. The summed E-state index contributed by atoms with van der Waals surface area (Å²) in [5.41, 5.74) is 2.64. The molecule has 3 aromatic carbocycles. The third kappa shape index (κ3) is 4.32. The van der Waals surface area contributed by atoms with E-state index in [9.17, 15) is 14.4 Å². The van der Waals surface area contributed by atoms with Crippen LogP contribution >= 0.6 is 11.6 Å². The molecule has 1 unspecified atom stereocenters. The Morgan fingerprint density at radius 2 is 1.82 bits per heavy atom. The molecule has 5 rings (SSSR count). The van der Waals surface area contributed by atoms with Gasteiger partial charge in [0.1, 0.15) is 6.42 Å². The van der Waals surface area contributed by atoms with Crippen LogP contribution in [0.1, 0.15) is 18.4 Å². The summed E-state index contributed by atoms with van der Waals surface area (Å²) in [6, 6.07) is 21.8. The molecule has 1 aliphatic heterocycles. The molecule has 0 aromatic heterocycles. The maximum absolute atomic E-state index is 13.1. The molecule has 6 nitrogen and oxygen atoms in total. The molecule has 1 fully saturated rings. The zero-order valence-corrected chi connectivity index (χ0v) is 19.0. The highest BCUT2D eigenvalue weighted by Crippen LogP contribution is 2.29. The fraction of sp³-hybridized carbons (Fsp3) is 0.148. The monoisotopic (exact) mass is 471 g/mol. The van der Waals surface area contributed by atoms with Gasteiger partial charge < -0.3 is 15.5 Å². The van der Waals surface area contributed by atoms with E-state index in [0.717, 1.165) is 21.7 Å². The van der Waals surface area contributed by atoms with Crippen LogP contribution in [0.15, 0.2) is 72.8 Å². The van der Waals surface area contributed by atoms with Crippen LogP contribution in [-0.4, -0.2) is 23.8 Å². The van der Waals surface area contributed by atoms with Crippen LogP contribution in [0.25, 0.3) is 11.8 Å². The number of benzene rings is 3. The Morgan fingerprint density at radius 3 is 2.68 bits per heavy atom. The number of carbonyl (C=O) groups is 3. The van der Waals surface area contributed by atoms with Gasteiger partial charge in [-0.05, 0) is 41.5 Å². The first-order valence-corrected chi connectivity index (χ1v) is 11.4. The molecule has 2 aliphatic rings. The number of fused-ring (bicyclic) bond motifs is 2. The zero-order valence-electron chi connectivity index (χ0n) is 18.3. The Kier molecular flexibility index (Phi) is 5.90. The van der Waals surface area contributed by atoms with Crippen molar-refractivity contribution in [1.82, 2.24) is 5.32 Å². The van der Waals surface area contributed by atoms with Crippen molar-refractivity contribution in [2.45, 2.75) is 25.3 Å². The molecular weight excluding hydrogens is 450 g/mol. The summed E-state index contributed by atoms with van der Waals surface area (Å²) in [5, 5.41) is 8.33. The molecule has 0 saturated carbocycles. The first-order valence-electron chi connectivity index (χ1n) is 11.0. The Bertz CT molecular complexity index is 1430. The molecule has 0 bridgehead atoms. The zero-order chi connectivity index (χ0) is 23.7. The maximum Gasteiger partial charge on any atom is 0.237 e. The van der Waals surface area contributed by atoms with Crippen LogP contribution < -0.4 is 26.0 Å². The molecule has 7 heteroatoms. The first kappa shape index (κ1) is 21.9. The summed E-state index contributed by atoms with van der Waals surface area (Å²) in [7, 11) is 0. The number of halogens is 1. The molecular formula is C27H22ClN3O3. The second kappa shape index (κ2) is 9.15. The number of anilines is 2. The van der Waals surface area contributed by atoms with E-state index in [2.05, 4.69) is 16.7 Å². The molecule has 1 aliphatic carbocycles. The largest absolute Gasteiger partial charge is 0.327 e. The second-order valence-electron chi connectivity index (χ2n) is 8.31. The summed E-state index contributed by atoms with van der Waals surface area (Å²) in [6.45, 7) is 0. The topological polar surface area (TPSA) is 78.5 Å². The summed E-state index contributed by atoms with van der Waals surface area (Å²) in [4.78, 5) is 39.9. The number of rotatable bonds is 4. The number of amides is 3. The van der Waals surface area contributed by atoms with Crippen LogP contribution in [0.3, 0.4) is 0 Å². The average molecular weight is 472 g/mol. The van der Waals surface area contributed by atoms with E-state index in [1.165, 1.54) is 0 Å². The molecule has 3 aromatic rings. The third-order valence-electron chi connectivity index (χ3n) is 6.03. The Hall–Kier alpha value is -3.90. The number of nitrogens with zero attached hydrogens (tertiary/aromatic N) is 1. The number of hydrogen-bond acceptors (Lipinski definition) is 3. The summed E-state index contributed by atoms with van der Waals surface area (Å²) in [6.07, 6.45) is 2.54. The normalized spacial score (nSPS) is 17.1. The Balaban J connectivity index is 1.46. The van der Waals surface area contributed by atoms with Crippen LogP contribution in [0.5, 0.6) is 0 Å². The van der Waals surface area contributed by atoms with Crippen molar-refractivity contribution in [3.05, 3.63) is 93.8 Å². The van der Waals surface area contributed by atoms with Gasteiger partial charge in [-0.3, -0.25) is 14.4 Å². The molecule has 0 radical (unpaired) electrons. The molecule has 0 spiro atoms. The summed E-state index contributed by atoms with van der Waals surface area (Å²) >= 11 is 6.18. The predicted octanol–water partition coefficient (Wildman–Crippen LogP) is 2.74.